The van der Waals surface area contributed by atoms with Crippen LogP contribution in [0.25, 0.3) is 10.8 Å². The summed E-state index contributed by atoms with van der Waals surface area (Å²) in [6, 6.07) is 13.5. The van der Waals surface area contributed by atoms with Crippen LogP contribution in [0.3, 0.4) is 0 Å². The van der Waals surface area contributed by atoms with Crippen molar-refractivity contribution in [3.05, 3.63) is 70.2 Å². The van der Waals surface area contributed by atoms with Crippen LogP contribution in [0, 0.1) is 0 Å². The number of carbonyl (C=O) groups is 2. The summed E-state index contributed by atoms with van der Waals surface area (Å²) in [5.41, 5.74) is 5.50. The first-order valence-electron chi connectivity index (χ1n) is 8.12. The highest BCUT2D eigenvalue weighted by atomic mass is 35.5. The molecule has 0 saturated carbocycles. The average Bonchev–Trinajstić information content (AvgIpc) is 2.64. The van der Waals surface area contributed by atoms with Gasteiger partial charge < -0.3 is 10.5 Å². The second kappa shape index (κ2) is 8.28. The average molecular weight is 453 g/mol. The Morgan fingerprint density at radius 3 is 2.21 bits per heavy atom. The zero-order valence-corrected chi connectivity index (χ0v) is 17.0. The van der Waals surface area contributed by atoms with Crippen LogP contribution < -0.4 is 10.5 Å². The van der Waals surface area contributed by atoms with E-state index < -0.39 is 28.5 Å². The maximum Gasteiger partial charge on any atom is 0.338 e. The number of halogens is 2. The van der Waals surface area contributed by atoms with Crippen molar-refractivity contribution in [3.63, 3.8) is 0 Å². The molecule has 10 heteroatoms. The third-order valence-corrected chi connectivity index (χ3v) is 5.62. The van der Waals surface area contributed by atoms with Gasteiger partial charge in [0.05, 0.1) is 10.5 Å². The van der Waals surface area contributed by atoms with Gasteiger partial charge in [0.25, 0.3) is 15.9 Å². The van der Waals surface area contributed by atoms with Gasteiger partial charge in [-0.15, -0.1) is 0 Å². The fourth-order valence-electron chi connectivity index (χ4n) is 2.55. The fourth-order valence-corrected chi connectivity index (χ4v) is 4.33. The van der Waals surface area contributed by atoms with E-state index in [0.29, 0.717) is 16.5 Å². The summed E-state index contributed by atoms with van der Waals surface area (Å²) < 4.78 is 32.4. The number of nitrogens with one attached hydrogen (secondary N) is 1. The first-order valence-corrected chi connectivity index (χ1v) is 10.4. The Kier molecular flexibility index (Phi) is 5.97. The van der Waals surface area contributed by atoms with E-state index >= 15 is 0 Å². The van der Waals surface area contributed by atoms with Gasteiger partial charge in [-0.05, 0) is 53.2 Å². The van der Waals surface area contributed by atoms with Gasteiger partial charge in [0, 0.05) is 15.7 Å². The molecule has 3 rings (SSSR count). The maximum absolute atomic E-state index is 12.6. The Bertz CT molecular complexity index is 1210. The number of esters is 1. The Morgan fingerprint density at radius 1 is 0.931 bits per heavy atom. The highest BCUT2D eigenvalue weighted by Crippen LogP contribution is 2.26. The van der Waals surface area contributed by atoms with E-state index in [1.807, 2.05) is 0 Å². The van der Waals surface area contributed by atoms with Crippen molar-refractivity contribution in [2.75, 3.05) is 11.3 Å². The van der Waals surface area contributed by atoms with Gasteiger partial charge >= 0.3 is 5.97 Å². The molecule has 0 heterocycles. The van der Waals surface area contributed by atoms with E-state index in [0.717, 1.165) is 0 Å². The van der Waals surface area contributed by atoms with Crippen LogP contribution in [0.5, 0.6) is 0 Å². The van der Waals surface area contributed by atoms with Crippen LogP contribution >= 0.6 is 23.2 Å². The molecule has 150 valence electrons. The number of carbonyl (C=O) groups excluding carboxylic acids is 2. The number of hydrogen-bond donors (Lipinski definition) is 2. The molecule has 0 aliphatic heterocycles. The van der Waals surface area contributed by atoms with Crippen LogP contribution in [0.1, 0.15) is 10.4 Å². The summed E-state index contributed by atoms with van der Waals surface area (Å²) in [6.07, 6.45) is 0. The van der Waals surface area contributed by atoms with Crippen LogP contribution in [-0.4, -0.2) is 26.9 Å². The molecule has 0 fully saturated rings. The van der Waals surface area contributed by atoms with Crippen LogP contribution in [0.2, 0.25) is 10.0 Å². The summed E-state index contributed by atoms with van der Waals surface area (Å²) in [6.45, 7) is -0.509. The molecule has 0 aliphatic carbocycles. The number of hydrogen-bond acceptors (Lipinski definition) is 5. The normalized spacial score (nSPS) is 11.2. The second-order valence-electron chi connectivity index (χ2n) is 6.03. The predicted octanol–water partition coefficient (Wildman–Crippen LogP) is 3.59. The van der Waals surface area contributed by atoms with Gasteiger partial charge in [-0.25, -0.2) is 13.2 Å². The predicted molar refractivity (Wildman–Crippen MR) is 111 cm³/mol. The summed E-state index contributed by atoms with van der Waals surface area (Å²) in [4.78, 5) is 22.6. The van der Waals surface area contributed by atoms with E-state index in [1.165, 1.54) is 24.3 Å². The first kappa shape index (κ1) is 20.9. The minimum absolute atomic E-state index is 0.0670. The van der Waals surface area contributed by atoms with Gasteiger partial charge in [0.15, 0.2) is 6.61 Å². The Balaban J connectivity index is 1.85. The highest BCUT2D eigenvalue weighted by Gasteiger charge is 2.16. The zero-order valence-electron chi connectivity index (χ0n) is 14.7. The van der Waals surface area contributed by atoms with Crippen molar-refractivity contribution in [3.8, 4) is 0 Å². The Morgan fingerprint density at radius 2 is 1.55 bits per heavy atom. The zero-order chi connectivity index (χ0) is 21.2. The molecule has 0 unspecified atom stereocenters. The minimum Gasteiger partial charge on any atom is -0.452 e. The Labute approximate surface area is 176 Å². The van der Waals surface area contributed by atoms with E-state index in [1.54, 1.807) is 30.3 Å². The fraction of sp³-hybridized carbons (Fsp3) is 0.0526. The monoisotopic (exact) mass is 452 g/mol. The number of nitrogens with two attached hydrogens (primary N) is 1. The van der Waals surface area contributed by atoms with Crippen molar-refractivity contribution in [2.45, 2.75) is 4.90 Å². The third kappa shape index (κ3) is 5.17. The molecule has 0 radical (unpaired) electrons. The summed E-state index contributed by atoms with van der Waals surface area (Å²) in [5.74, 6) is -1.44. The Hall–Kier alpha value is -2.81. The number of ether oxygens (including phenoxy) is 1. The molecular formula is C19H14Cl2N2O5S. The van der Waals surface area contributed by atoms with E-state index in [2.05, 4.69) is 4.72 Å². The van der Waals surface area contributed by atoms with Crippen LogP contribution in [0.4, 0.5) is 5.69 Å². The molecule has 0 saturated heterocycles. The summed E-state index contributed by atoms with van der Waals surface area (Å²) in [5, 5.41) is 1.76. The van der Waals surface area contributed by atoms with Gasteiger partial charge in [0.1, 0.15) is 0 Å². The van der Waals surface area contributed by atoms with E-state index in [4.69, 9.17) is 33.7 Å². The lowest BCUT2D eigenvalue weighted by molar-refractivity contribution is -0.121. The van der Waals surface area contributed by atoms with Gasteiger partial charge in [-0.3, -0.25) is 9.52 Å². The molecule has 3 aromatic rings. The molecule has 29 heavy (non-hydrogen) atoms. The molecule has 0 bridgehead atoms. The lowest BCUT2D eigenvalue weighted by Gasteiger charge is -2.10. The molecule has 7 nitrogen and oxygen atoms in total. The quantitative estimate of drug-likeness (QED) is 0.554. The van der Waals surface area contributed by atoms with Crippen molar-refractivity contribution < 1.29 is 22.7 Å². The molecule has 3 N–H and O–H groups in total. The standard InChI is InChI=1S/C19H14Cl2N2O5S/c20-14-7-15(21)9-17(8-14)29(26,27)23-16-4-3-11-5-13(2-1-12(11)6-16)19(25)28-10-18(22)24/h1-9,23H,10H2,(H2,22,24). The molecule has 0 aliphatic rings. The van der Waals surface area contributed by atoms with Crippen LogP contribution in [-0.2, 0) is 19.6 Å². The number of amides is 1. The van der Waals surface area contributed by atoms with Gasteiger partial charge in [-0.2, -0.15) is 0 Å². The van der Waals surface area contributed by atoms with E-state index in [9.17, 15) is 18.0 Å². The number of fused-ring (bicyclic) bond motifs is 1. The lowest BCUT2D eigenvalue weighted by atomic mass is 10.1. The molecule has 0 spiro atoms. The summed E-state index contributed by atoms with van der Waals surface area (Å²) in [7, 11) is -3.90. The van der Waals surface area contributed by atoms with Crippen molar-refractivity contribution in [1.29, 1.82) is 0 Å². The van der Waals surface area contributed by atoms with E-state index in [-0.39, 0.29) is 20.5 Å². The number of anilines is 1. The van der Waals surface area contributed by atoms with Gasteiger partial charge in [-0.1, -0.05) is 35.3 Å². The first-order chi connectivity index (χ1) is 13.6. The molecule has 3 aromatic carbocycles. The summed E-state index contributed by atoms with van der Waals surface area (Å²) >= 11 is 11.8. The second-order valence-corrected chi connectivity index (χ2v) is 8.59. The number of sulfonamides is 1. The van der Waals surface area contributed by atoms with Gasteiger partial charge in [0.2, 0.25) is 0 Å². The smallest absolute Gasteiger partial charge is 0.338 e. The molecule has 0 atom stereocenters. The molecular weight excluding hydrogens is 439 g/mol. The number of rotatable bonds is 6. The third-order valence-electron chi connectivity index (χ3n) is 3.82. The number of primary amides is 1. The number of benzene rings is 3. The largest absolute Gasteiger partial charge is 0.452 e. The molecule has 1 amide bonds. The minimum atomic E-state index is -3.90. The van der Waals surface area contributed by atoms with Crippen molar-refractivity contribution in [1.82, 2.24) is 0 Å². The van der Waals surface area contributed by atoms with Crippen LogP contribution in [0.15, 0.2) is 59.5 Å². The van der Waals surface area contributed by atoms with Crippen molar-refractivity contribution >= 4 is 61.6 Å². The lowest BCUT2D eigenvalue weighted by Crippen LogP contribution is -2.20. The highest BCUT2D eigenvalue weighted by molar-refractivity contribution is 7.92. The SMILES string of the molecule is NC(=O)COC(=O)c1ccc2cc(NS(=O)(=O)c3cc(Cl)cc(Cl)c3)ccc2c1. The maximum atomic E-state index is 12.6. The molecule has 0 aromatic heterocycles. The topological polar surface area (TPSA) is 116 Å². The van der Waals surface area contributed by atoms with Crippen molar-refractivity contribution in [2.24, 2.45) is 5.73 Å².